The monoisotopic (exact) mass is 416 g/mol. The van der Waals surface area contributed by atoms with E-state index in [-0.39, 0.29) is 11.5 Å². The third-order valence-electron chi connectivity index (χ3n) is 5.49. The normalized spacial score (nSPS) is 15.4. The van der Waals surface area contributed by atoms with E-state index in [4.69, 9.17) is 19.4 Å². The maximum atomic E-state index is 5.98. The van der Waals surface area contributed by atoms with Crippen LogP contribution >= 0.6 is 0 Å². The van der Waals surface area contributed by atoms with E-state index in [2.05, 4.69) is 34.6 Å². The molecule has 0 amide bonds. The summed E-state index contributed by atoms with van der Waals surface area (Å²) >= 11 is 0. The van der Waals surface area contributed by atoms with Crippen LogP contribution in [0, 0.1) is 0 Å². The molecule has 6 heteroatoms. The van der Waals surface area contributed by atoms with Crippen molar-refractivity contribution in [3.8, 4) is 17.1 Å². The topological polar surface area (TPSA) is 69.2 Å². The van der Waals surface area contributed by atoms with Gasteiger partial charge in [-0.1, -0.05) is 24.3 Å². The number of aromatic nitrogens is 3. The number of benzene rings is 1. The van der Waals surface area contributed by atoms with Crippen molar-refractivity contribution in [3.05, 3.63) is 64.9 Å². The SMILES string of the molecule is CNc1nc(-c2cccnc2)nc2c1=CC(c1cccc(OCC(C)(C)OC)c1)CC=2. The minimum absolute atomic E-state index is 0.228. The predicted octanol–water partition coefficient (Wildman–Crippen LogP) is 3.13. The van der Waals surface area contributed by atoms with Crippen molar-refractivity contribution in [2.75, 3.05) is 26.1 Å². The van der Waals surface area contributed by atoms with Gasteiger partial charge in [-0.3, -0.25) is 4.98 Å². The maximum Gasteiger partial charge on any atom is 0.163 e. The summed E-state index contributed by atoms with van der Waals surface area (Å²) in [5, 5.41) is 5.20. The Balaban J connectivity index is 1.65. The molecule has 1 aromatic carbocycles. The van der Waals surface area contributed by atoms with Gasteiger partial charge in [0.25, 0.3) is 0 Å². The third kappa shape index (κ3) is 4.75. The Hall–Kier alpha value is -3.25. The van der Waals surface area contributed by atoms with E-state index in [9.17, 15) is 0 Å². The Morgan fingerprint density at radius 1 is 1.16 bits per heavy atom. The van der Waals surface area contributed by atoms with Crippen LogP contribution < -0.4 is 20.6 Å². The lowest BCUT2D eigenvalue weighted by atomic mass is 9.91. The summed E-state index contributed by atoms with van der Waals surface area (Å²) in [5.74, 6) is 2.57. The van der Waals surface area contributed by atoms with Crippen LogP contribution in [-0.2, 0) is 4.74 Å². The van der Waals surface area contributed by atoms with Crippen molar-refractivity contribution in [3.63, 3.8) is 0 Å². The standard InChI is InChI=1S/C25H28N4O2/c1-25(2,30-4)16-31-20-9-5-7-17(13-20)18-10-11-22-21(14-18)24(26-3)29-23(28-22)19-8-6-12-27-15-19/h5-9,11-15,18H,10,16H2,1-4H3,(H,26,28,29). The summed E-state index contributed by atoms with van der Waals surface area (Å²) in [6.45, 7) is 4.51. The third-order valence-corrected chi connectivity index (χ3v) is 5.49. The van der Waals surface area contributed by atoms with Gasteiger partial charge in [-0.05, 0) is 50.1 Å². The zero-order chi connectivity index (χ0) is 21.8. The number of rotatable bonds is 7. The number of pyridine rings is 1. The molecule has 2 aromatic heterocycles. The minimum Gasteiger partial charge on any atom is -0.491 e. The van der Waals surface area contributed by atoms with Crippen molar-refractivity contribution in [2.45, 2.75) is 31.8 Å². The highest BCUT2D eigenvalue weighted by Gasteiger charge is 2.18. The van der Waals surface area contributed by atoms with Crippen molar-refractivity contribution < 1.29 is 9.47 Å². The molecule has 1 N–H and O–H groups in total. The predicted molar refractivity (Wildman–Crippen MR) is 123 cm³/mol. The number of methoxy groups -OCH3 is 1. The highest BCUT2D eigenvalue weighted by atomic mass is 16.5. The van der Waals surface area contributed by atoms with E-state index >= 15 is 0 Å². The molecule has 0 bridgehead atoms. The molecule has 160 valence electrons. The quantitative estimate of drug-likeness (QED) is 0.638. The fraction of sp³-hybridized carbons (Fsp3) is 0.320. The van der Waals surface area contributed by atoms with Crippen LogP contribution in [0.5, 0.6) is 5.75 Å². The zero-order valence-electron chi connectivity index (χ0n) is 18.4. The summed E-state index contributed by atoms with van der Waals surface area (Å²) < 4.78 is 11.4. The zero-order valence-corrected chi connectivity index (χ0v) is 18.4. The largest absolute Gasteiger partial charge is 0.491 e. The lowest BCUT2D eigenvalue weighted by Gasteiger charge is -2.23. The Morgan fingerprint density at radius 2 is 2.03 bits per heavy atom. The summed E-state index contributed by atoms with van der Waals surface area (Å²) in [4.78, 5) is 13.7. The highest BCUT2D eigenvalue weighted by Crippen LogP contribution is 2.27. The van der Waals surface area contributed by atoms with Crippen LogP contribution in [0.2, 0.25) is 0 Å². The molecule has 0 saturated heterocycles. The molecule has 1 unspecified atom stereocenters. The number of ether oxygens (including phenoxy) is 2. The minimum atomic E-state index is -0.329. The number of anilines is 1. The molecule has 1 aliphatic carbocycles. The summed E-state index contributed by atoms with van der Waals surface area (Å²) in [7, 11) is 3.59. The first-order chi connectivity index (χ1) is 15.0. The molecule has 0 saturated carbocycles. The molecule has 2 heterocycles. The fourth-order valence-corrected chi connectivity index (χ4v) is 3.51. The highest BCUT2D eigenvalue weighted by molar-refractivity contribution is 5.60. The van der Waals surface area contributed by atoms with Gasteiger partial charge in [0.05, 0.1) is 11.0 Å². The number of hydrogen-bond acceptors (Lipinski definition) is 6. The van der Waals surface area contributed by atoms with Gasteiger partial charge in [0, 0.05) is 43.3 Å². The van der Waals surface area contributed by atoms with Crippen molar-refractivity contribution in [1.29, 1.82) is 0 Å². The number of nitrogens with one attached hydrogen (secondary N) is 1. The summed E-state index contributed by atoms with van der Waals surface area (Å²) in [5.41, 5.74) is 1.78. The van der Waals surface area contributed by atoms with Gasteiger partial charge in [-0.2, -0.15) is 0 Å². The smallest absolute Gasteiger partial charge is 0.163 e. The van der Waals surface area contributed by atoms with Crippen molar-refractivity contribution in [1.82, 2.24) is 15.0 Å². The second kappa shape index (κ2) is 8.86. The van der Waals surface area contributed by atoms with Gasteiger partial charge in [0.15, 0.2) is 5.82 Å². The van der Waals surface area contributed by atoms with E-state index in [1.165, 1.54) is 5.56 Å². The molecular weight excluding hydrogens is 388 g/mol. The second-order valence-electron chi connectivity index (χ2n) is 8.22. The maximum absolute atomic E-state index is 5.98. The van der Waals surface area contributed by atoms with Crippen LogP contribution in [0.1, 0.15) is 31.7 Å². The molecule has 0 aliphatic heterocycles. The number of nitrogens with zero attached hydrogens (tertiary/aromatic N) is 3. The average Bonchev–Trinajstić information content (AvgIpc) is 2.82. The fourth-order valence-electron chi connectivity index (χ4n) is 3.51. The Bertz CT molecular complexity index is 1180. The van der Waals surface area contributed by atoms with Crippen molar-refractivity contribution in [2.24, 2.45) is 0 Å². The van der Waals surface area contributed by atoms with Crippen molar-refractivity contribution >= 4 is 18.0 Å². The molecule has 0 radical (unpaired) electrons. The van der Waals surface area contributed by atoms with Crippen LogP contribution in [-0.4, -0.2) is 41.3 Å². The molecule has 4 rings (SSSR count). The molecule has 3 aromatic rings. The molecule has 1 atom stereocenters. The van der Waals surface area contributed by atoms with Gasteiger partial charge in [0.1, 0.15) is 18.2 Å². The molecule has 31 heavy (non-hydrogen) atoms. The molecule has 0 fully saturated rings. The molecule has 0 spiro atoms. The van der Waals surface area contributed by atoms with Gasteiger partial charge in [-0.25, -0.2) is 9.97 Å². The van der Waals surface area contributed by atoms with Gasteiger partial charge in [0.2, 0.25) is 0 Å². The van der Waals surface area contributed by atoms with Gasteiger partial charge < -0.3 is 14.8 Å². The van der Waals surface area contributed by atoms with E-state index < -0.39 is 0 Å². The lowest BCUT2D eigenvalue weighted by molar-refractivity contribution is -0.0146. The second-order valence-corrected chi connectivity index (χ2v) is 8.22. The first-order valence-corrected chi connectivity index (χ1v) is 10.5. The van der Waals surface area contributed by atoms with Crippen LogP contribution in [0.4, 0.5) is 5.82 Å². The Morgan fingerprint density at radius 3 is 2.77 bits per heavy atom. The first-order valence-electron chi connectivity index (χ1n) is 10.5. The Kier molecular flexibility index (Phi) is 6.00. The average molecular weight is 417 g/mol. The van der Waals surface area contributed by atoms with Crippen LogP contribution in [0.25, 0.3) is 23.5 Å². The van der Waals surface area contributed by atoms with E-state index in [0.29, 0.717) is 12.4 Å². The molecule has 6 nitrogen and oxygen atoms in total. The molecular formula is C25H28N4O2. The van der Waals surface area contributed by atoms with Crippen LogP contribution in [0.15, 0.2) is 48.8 Å². The van der Waals surface area contributed by atoms with Gasteiger partial charge >= 0.3 is 0 Å². The van der Waals surface area contributed by atoms with Crippen LogP contribution in [0.3, 0.4) is 0 Å². The van der Waals surface area contributed by atoms with E-state index in [1.54, 1.807) is 19.5 Å². The molecule has 1 aliphatic rings. The first kappa shape index (κ1) is 21.0. The lowest BCUT2D eigenvalue weighted by Crippen LogP contribution is -2.35. The van der Waals surface area contributed by atoms with E-state index in [1.807, 2.05) is 45.2 Å². The number of hydrogen-bond donors (Lipinski definition) is 1. The summed E-state index contributed by atoms with van der Waals surface area (Å²) in [6.07, 6.45) is 8.83. The van der Waals surface area contributed by atoms with E-state index in [0.717, 1.165) is 34.1 Å². The summed E-state index contributed by atoms with van der Waals surface area (Å²) in [6, 6.07) is 12.1. The Labute approximate surface area is 182 Å². The number of fused-ring (bicyclic) bond motifs is 1. The van der Waals surface area contributed by atoms with Gasteiger partial charge in [-0.15, -0.1) is 0 Å².